The summed E-state index contributed by atoms with van der Waals surface area (Å²) in [7, 11) is -3.80. The van der Waals surface area contributed by atoms with Crippen LogP contribution in [0.4, 0.5) is 10.1 Å². The first kappa shape index (κ1) is 21.5. The Hall–Kier alpha value is -2.25. The number of sulfonamides is 1. The van der Waals surface area contributed by atoms with Crippen LogP contribution in [0.5, 0.6) is 0 Å². The molecule has 1 unspecified atom stereocenters. The van der Waals surface area contributed by atoms with Crippen LogP contribution in [0.15, 0.2) is 47.4 Å². The highest BCUT2D eigenvalue weighted by Crippen LogP contribution is 2.28. The van der Waals surface area contributed by atoms with E-state index in [2.05, 4.69) is 5.32 Å². The standard InChI is InChI=1S/C22H27FN2O3S/c1-3-16-9-5-6-11-21(16)24-22(26)19-15-18(12-13-20(19)23)29(27,28)25-14-8-7-10-17(25)4-2/h5-6,9,11-13,15,17H,3-4,7-8,10,14H2,1-2H3,(H,24,26). The Bertz CT molecular complexity index is 991. The minimum absolute atomic E-state index is 0.0480. The number of anilines is 1. The number of nitrogens with zero attached hydrogens (tertiary/aromatic N) is 1. The predicted octanol–water partition coefficient (Wildman–Crippen LogP) is 4.59. The minimum atomic E-state index is -3.80. The summed E-state index contributed by atoms with van der Waals surface area (Å²) in [4.78, 5) is 12.7. The summed E-state index contributed by atoms with van der Waals surface area (Å²) >= 11 is 0. The number of carbonyl (C=O) groups excluding carboxylic acids is 1. The van der Waals surface area contributed by atoms with Gasteiger partial charge in [0.25, 0.3) is 5.91 Å². The number of amides is 1. The molecule has 0 spiro atoms. The van der Waals surface area contributed by atoms with Gasteiger partial charge in [0, 0.05) is 18.3 Å². The van der Waals surface area contributed by atoms with Gasteiger partial charge in [-0.3, -0.25) is 4.79 Å². The van der Waals surface area contributed by atoms with Crippen molar-refractivity contribution in [1.29, 1.82) is 0 Å². The average molecular weight is 419 g/mol. The van der Waals surface area contributed by atoms with Crippen molar-refractivity contribution in [2.75, 3.05) is 11.9 Å². The van der Waals surface area contributed by atoms with Crippen LogP contribution in [-0.4, -0.2) is 31.2 Å². The smallest absolute Gasteiger partial charge is 0.258 e. The maximum atomic E-state index is 14.4. The highest BCUT2D eigenvalue weighted by Gasteiger charge is 2.33. The van der Waals surface area contributed by atoms with Crippen molar-refractivity contribution in [2.24, 2.45) is 0 Å². The quantitative estimate of drug-likeness (QED) is 0.746. The van der Waals surface area contributed by atoms with E-state index in [-0.39, 0.29) is 16.5 Å². The SMILES string of the molecule is CCc1ccccc1NC(=O)c1cc(S(=O)(=O)N2CCCCC2CC)ccc1F. The molecule has 0 bridgehead atoms. The zero-order chi connectivity index (χ0) is 21.0. The Balaban J connectivity index is 1.92. The Morgan fingerprint density at radius 1 is 1.17 bits per heavy atom. The first-order valence-electron chi connectivity index (χ1n) is 10.1. The number of nitrogens with one attached hydrogen (secondary N) is 1. The second-order valence-corrected chi connectivity index (χ2v) is 9.17. The highest BCUT2D eigenvalue weighted by molar-refractivity contribution is 7.89. The van der Waals surface area contributed by atoms with E-state index in [1.807, 2.05) is 26.0 Å². The first-order chi connectivity index (χ1) is 13.9. The zero-order valence-corrected chi connectivity index (χ0v) is 17.6. The van der Waals surface area contributed by atoms with Crippen molar-refractivity contribution in [3.63, 3.8) is 0 Å². The second kappa shape index (κ2) is 9.05. The van der Waals surface area contributed by atoms with Crippen LogP contribution in [0.1, 0.15) is 55.5 Å². The zero-order valence-electron chi connectivity index (χ0n) is 16.8. The van der Waals surface area contributed by atoms with E-state index >= 15 is 0 Å². The first-order valence-corrected chi connectivity index (χ1v) is 11.5. The molecule has 29 heavy (non-hydrogen) atoms. The summed E-state index contributed by atoms with van der Waals surface area (Å²) in [5.41, 5.74) is 1.24. The van der Waals surface area contributed by atoms with Gasteiger partial charge in [0.1, 0.15) is 5.82 Å². The molecule has 0 saturated carbocycles. The molecule has 2 aromatic carbocycles. The third-order valence-electron chi connectivity index (χ3n) is 5.48. The molecule has 7 heteroatoms. The van der Waals surface area contributed by atoms with Gasteiger partial charge >= 0.3 is 0 Å². The van der Waals surface area contributed by atoms with E-state index in [4.69, 9.17) is 0 Å². The summed E-state index contributed by atoms with van der Waals surface area (Å²) in [5.74, 6) is -1.41. The van der Waals surface area contributed by atoms with Gasteiger partial charge in [-0.15, -0.1) is 0 Å². The number of hydrogen-bond donors (Lipinski definition) is 1. The lowest BCUT2D eigenvalue weighted by molar-refractivity contribution is 0.102. The van der Waals surface area contributed by atoms with Crippen molar-refractivity contribution >= 4 is 21.6 Å². The van der Waals surface area contributed by atoms with Crippen LogP contribution >= 0.6 is 0 Å². The van der Waals surface area contributed by atoms with E-state index in [1.165, 1.54) is 10.4 Å². The molecule has 5 nitrogen and oxygen atoms in total. The molecule has 156 valence electrons. The predicted molar refractivity (Wildman–Crippen MR) is 112 cm³/mol. The van der Waals surface area contributed by atoms with Crippen LogP contribution in [0.3, 0.4) is 0 Å². The number of benzene rings is 2. The number of rotatable bonds is 6. The Kier molecular flexibility index (Phi) is 6.70. The largest absolute Gasteiger partial charge is 0.322 e. The van der Waals surface area contributed by atoms with Gasteiger partial charge in [-0.2, -0.15) is 4.31 Å². The fourth-order valence-electron chi connectivity index (χ4n) is 3.81. The van der Waals surface area contributed by atoms with Gasteiger partial charge in [-0.25, -0.2) is 12.8 Å². The van der Waals surface area contributed by atoms with Crippen LogP contribution in [0.2, 0.25) is 0 Å². The van der Waals surface area contributed by atoms with Crippen molar-refractivity contribution in [3.05, 3.63) is 59.4 Å². The molecule has 1 fully saturated rings. The number of carbonyl (C=O) groups is 1. The summed E-state index contributed by atoms with van der Waals surface area (Å²) in [5, 5.41) is 2.71. The van der Waals surface area contributed by atoms with E-state index in [0.29, 0.717) is 18.7 Å². The lowest BCUT2D eigenvalue weighted by atomic mass is 10.0. The Labute approximate surface area is 172 Å². The molecule has 0 aliphatic carbocycles. The van der Waals surface area contributed by atoms with Gasteiger partial charge in [-0.05, 0) is 55.5 Å². The molecule has 3 rings (SSSR count). The molecule has 1 N–H and O–H groups in total. The maximum Gasteiger partial charge on any atom is 0.258 e. The van der Waals surface area contributed by atoms with Crippen LogP contribution < -0.4 is 5.32 Å². The molecule has 1 atom stereocenters. The van der Waals surface area contributed by atoms with Crippen molar-refractivity contribution in [1.82, 2.24) is 4.31 Å². The lowest BCUT2D eigenvalue weighted by Crippen LogP contribution is -2.43. The fourth-order valence-corrected chi connectivity index (χ4v) is 5.61. The van der Waals surface area contributed by atoms with E-state index in [9.17, 15) is 17.6 Å². The number of para-hydroxylation sites is 1. The third-order valence-corrected chi connectivity index (χ3v) is 7.43. The number of halogens is 1. The molecule has 1 saturated heterocycles. The Morgan fingerprint density at radius 2 is 1.93 bits per heavy atom. The van der Waals surface area contributed by atoms with Crippen LogP contribution in [0.25, 0.3) is 0 Å². The number of aryl methyl sites for hydroxylation is 1. The molecular formula is C22H27FN2O3S. The summed E-state index contributed by atoms with van der Waals surface area (Å²) < 4.78 is 42.3. The minimum Gasteiger partial charge on any atom is -0.322 e. The van der Waals surface area contributed by atoms with Crippen LogP contribution in [-0.2, 0) is 16.4 Å². The number of hydrogen-bond acceptors (Lipinski definition) is 3. The summed E-state index contributed by atoms with van der Waals surface area (Å²) in [6, 6.07) is 10.7. The van der Waals surface area contributed by atoms with Gasteiger partial charge in [0.15, 0.2) is 0 Å². The fraction of sp³-hybridized carbons (Fsp3) is 0.409. The molecule has 0 radical (unpaired) electrons. The van der Waals surface area contributed by atoms with Crippen LogP contribution in [0, 0.1) is 5.82 Å². The maximum absolute atomic E-state index is 14.4. The van der Waals surface area contributed by atoms with E-state index < -0.39 is 21.7 Å². The molecule has 1 heterocycles. The molecule has 1 amide bonds. The van der Waals surface area contributed by atoms with Gasteiger partial charge < -0.3 is 5.32 Å². The molecule has 1 aliphatic heterocycles. The lowest BCUT2D eigenvalue weighted by Gasteiger charge is -2.34. The molecule has 1 aliphatic rings. The normalized spacial score (nSPS) is 17.8. The average Bonchev–Trinajstić information content (AvgIpc) is 2.74. The van der Waals surface area contributed by atoms with Crippen molar-refractivity contribution < 1.29 is 17.6 Å². The second-order valence-electron chi connectivity index (χ2n) is 7.28. The molecule has 0 aromatic heterocycles. The van der Waals surface area contributed by atoms with Gasteiger partial charge in [-0.1, -0.05) is 38.5 Å². The van der Waals surface area contributed by atoms with E-state index in [1.54, 1.807) is 12.1 Å². The summed E-state index contributed by atoms with van der Waals surface area (Å²) in [6.07, 6.45) is 4.05. The third kappa shape index (κ3) is 4.51. The van der Waals surface area contributed by atoms with Crippen molar-refractivity contribution in [3.8, 4) is 0 Å². The van der Waals surface area contributed by atoms with E-state index in [0.717, 1.165) is 43.4 Å². The summed E-state index contributed by atoms with van der Waals surface area (Å²) in [6.45, 7) is 4.37. The topological polar surface area (TPSA) is 66.5 Å². The van der Waals surface area contributed by atoms with Gasteiger partial charge in [0.05, 0.1) is 10.5 Å². The highest BCUT2D eigenvalue weighted by atomic mass is 32.2. The number of piperidine rings is 1. The van der Waals surface area contributed by atoms with Crippen molar-refractivity contribution in [2.45, 2.75) is 56.9 Å². The molecule has 2 aromatic rings. The monoisotopic (exact) mass is 418 g/mol. The Morgan fingerprint density at radius 3 is 2.66 bits per heavy atom. The molecular weight excluding hydrogens is 391 g/mol. The van der Waals surface area contributed by atoms with Gasteiger partial charge in [0.2, 0.25) is 10.0 Å².